The number of sulfonamides is 1. The third-order valence-electron chi connectivity index (χ3n) is 3.44. The fourth-order valence-corrected chi connectivity index (χ4v) is 3.55. The Morgan fingerprint density at radius 2 is 2.04 bits per heavy atom. The van der Waals surface area contributed by atoms with Crippen LogP contribution >= 0.6 is 12.4 Å². The third kappa shape index (κ3) is 4.89. The van der Waals surface area contributed by atoms with Crippen molar-refractivity contribution in [2.24, 2.45) is 5.73 Å². The average molecular weight is 364 g/mol. The van der Waals surface area contributed by atoms with Gasteiger partial charge in [0.15, 0.2) is 0 Å². The Bertz CT molecular complexity index is 633. The molecular weight excluding hydrogens is 342 g/mol. The van der Waals surface area contributed by atoms with Crippen molar-refractivity contribution in [2.75, 3.05) is 32.8 Å². The van der Waals surface area contributed by atoms with Crippen LogP contribution in [0.25, 0.3) is 0 Å². The van der Waals surface area contributed by atoms with E-state index in [0.29, 0.717) is 38.4 Å². The van der Waals surface area contributed by atoms with E-state index < -0.39 is 10.0 Å². The van der Waals surface area contributed by atoms with Crippen molar-refractivity contribution in [1.82, 2.24) is 9.62 Å². The molecule has 1 aromatic carbocycles. The first-order valence-electron chi connectivity index (χ1n) is 7.14. The molecule has 1 aliphatic heterocycles. The summed E-state index contributed by atoms with van der Waals surface area (Å²) < 4.78 is 31.7. The van der Waals surface area contributed by atoms with E-state index >= 15 is 0 Å². The van der Waals surface area contributed by atoms with Gasteiger partial charge in [0.05, 0.1) is 18.1 Å². The maximum absolute atomic E-state index is 12.6. The maximum atomic E-state index is 12.6. The predicted molar refractivity (Wildman–Crippen MR) is 89.3 cm³/mol. The van der Waals surface area contributed by atoms with E-state index in [9.17, 15) is 13.2 Å². The molecule has 130 valence electrons. The molecule has 1 aromatic rings. The summed E-state index contributed by atoms with van der Waals surface area (Å²) in [5, 5.41) is 2.71. The molecule has 0 aliphatic carbocycles. The van der Waals surface area contributed by atoms with Crippen molar-refractivity contribution in [3.63, 3.8) is 0 Å². The Morgan fingerprint density at radius 1 is 1.39 bits per heavy atom. The first kappa shape index (κ1) is 19.9. The van der Waals surface area contributed by atoms with Gasteiger partial charge >= 0.3 is 0 Å². The van der Waals surface area contributed by atoms with Crippen LogP contribution in [0.4, 0.5) is 0 Å². The monoisotopic (exact) mass is 363 g/mol. The van der Waals surface area contributed by atoms with Gasteiger partial charge in [-0.05, 0) is 25.1 Å². The molecule has 1 heterocycles. The van der Waals surface area contributed by atoms with E-state index in [0.717, 1.165) is 0 Å². The molecule has 0 spiro atoms. The lowest BCUT2D eigenvalue weighted by Crippen LogP contribution is -2.40. The first-order chi connectivity index (χ1) is 10.4. The van der Waals surface area contributed by atoms with Crippen molar-refractivity contribution in [3.8, 4) is 0 Å². The second-order valence-electron chi connectivity index (χ2n) is 5.15. The van der Waals surface area contributed by atoms with E-state index in [-0.39, 0.29) is 29.3 Å². The molecule has 1 fully saturated rings. The second kappa shape index (κ2) is 8.60. The highest BCUT2D eigenvalue weighted by molar-refractivity contribution is 7.89. The minimum atomic E-state index is -3.60. The van der Waals surface area contributed by atoms with Crippen LogP contribution in [-0.2, 0) is 14.8 Å². The van der Waals surface area contributed by atoms with Crippen LogP contribution in [0.15, 0.2) is 29.2 Å². The molecule has 0 radical (unpaired) electrons. The number of morpholine rings is 1. The van der Waals surface area contributed by atoms with Crippen molar-refractivity contribution < 1.29 is 17.9 Å². The number of ether oxygens (including phenoxy) is 1. The number of halogens is 1. The number of nitrogens with one attached hydrogen (secondary N) is 1. The highest BCUT2D eigenvalue weighted by Crippen LogP contribution is 2.18. The Balaban J connectivity index is 0.00000264. The van der Waals surface area contributed by atoms with Crippen LogP contribution in [0.2, 0.25) is 0 Å². The van der Waals surface area contributed by atoms with Gasteiger partial charge in [0.2, 0.25) is 10.0 Å². The van der Waals surface area contributed by atoms with Gasteiger partial charge in [0, 0.05) is 31.2 Å². The second-order valence-corrected chi connectivity index (χ2v) is 7.09. The maximum Gasteiger partial charge on any atom is 0.251 e. The van der Waals surface area contributed by atoms with E-state index in [1.807, 2.05) is 0 Å². The number of hydrogen-bond acceptors (Lipinski definition) is 5. The summed E-state index contributed by atoms with van der Waals surface area (Å²) in [4.78, 5) is 12.2. The Labute approximate surface area is 142 Å². The highest BCUT2D eigenvalue weighted by Gasteiger charge is 2.26. The lowest BCUT2D eigenvalue weighted by atomic mass is 10.2. The van der Waals surface area contributed by atoms with Crippen molar-refractivity contribution in [3.05, 3.63) is 29.8 Å². The number of benzene rings is 1. The molecule has 7 nitrogen and oxygen atoms in total. The number of amides is 1. The van der Waals surface area contributed by atoms with E-state index in [1.54, 1.807) is 19.1 Å². The molecule has 9 heteroatoms. The van der Waals surface area contributed by atoms with Crippen LogP contribution in [0, 0.1) is 0 Å². The van der Waals surface area contributed by atoms with Gasteiger partial charge in [-0.1, -0.05) is 6.07 Å². The minimum Gasteiger partial charge on any atom is -0.379 e. The molecule has 23 heavy (non-hydrogen) atoms. The van der Waals surface area contributed by atoms with Gasteiger partial charge in [-0.25, -0.2) is 8.42 Å². The summed E-state index contributed by atoms with van der Waals surface area (Å²) in [6.45, 7) is 3.51. The molecule has 0 saturated carbocycles. The SMILES string of the molecule is C[C@@H](CN)NC(=O)c1cccc(S(=O)(=O)N2CCOCC2)c1.Cl. The lowest BCUT2D eigenvalue weighted by Gasteiger charge is -2.26. The quantitative estimate of drug-likeness (QED) is 0.778. The zero-order chi connectivity index (χ0) is 16.2. The molecule has 0 unspecified atom stereocenters. The third-order valence-corrected chi connectivity index (χ3v) is 5.33. The summed E-state index contributed by atoms with van der Waals surface area (Å²) in [6.07, 6.45) is 0. The van der Waals surface area contributed by atoms with Crippen molar-refractivity contribution in [2.45, 2.75) is 17.9 Å². The summed E-state index contributed by atoms with van der Waals surface area (Å²) in [7, 11) is -3.60. The number of carbonyl (C=O) groups is 1. The summed E-state index contributed by atoms with van der Waals surface area (Å²) in [5.41, 5.74) is 5.77. The van der Waals surface area contributed by atoms with Crippen molar-refractivity contribution >= 4 is 28.3 Å². The minimum absolute atomic E-state index is 0. The normalized spacial score (nSPS) is 17.1. The summed E-state index contributed by atoms with van der Waals surface area (Å²) in [5.74, 6) is -0.336. The van der Waals surface area contributed by atoms with Gasteiger partial charge < -0.3 is 15.8 Å². The van der Waals surface area contributed by atoms with Gasteiger partial charge in [-0.15, -0.1) is 12.4 Å². The van der Waals surface area contributed by atoms with Crippen LogP contribution in [0.5, 0.6) is 0 Å². The number of hydrogen-bond donors (Lipinski definition) is 2. The number of carbonyl (C=O) groups excluding carboxylic acids is 1. The van der Waals surface area contributed by atoms with Crippen LogP contribution < -0.4 is 11.1 Å². The Kier molecular flexibility index (Phi) is 7.43. The van der Waals surface area contributed by atoms with Crippen LogP contribution in [0.3, 0.4) is 0 Å². The van der Waals surface area contributed by atoms with Gasteiger partial charge in [0.1, 0.15) is 0 Å². The fraction of sp³-hybridized carbons (Fsp3) is 0.500. The standard InChI is InChI=1S/C14H21N3O4S.ClH/c1-11(10-15)16-14(18)12-3-2-4-13(9-12)22(19,20)17-5-7-21-8-6-17;/h2-4,9,11H,5-8,10,15H2,1H3,(H,16,18);1H/t11-;/m0./s1. The van der Waals surface area contributed by atoms with E-state index in [4.69, 9.17) is 10.5 Å². The first-order valence-corrected chi connectivity index (χ1v) is 8.58. The highest BCUT2D eigenvalue weighted by atomic mass is 35.5. The van der Waals surface area contributed by atoms with Gasteiger partial charge in [-0.2, -0.15) is 4.31 Å². The number of nitrogens with two attached hydrogens (primary N) is 1. The van der Waals surface area contributed by atoms with Crippen LogP contribution in [-0.4, -0.2) is 57.5 Å². The summed E-state index contributed by atoms with van der Waals surface area (Å²) in [6, 6.07) is 5.86. The smallest absolute Gasteiger partial charge is 0.251 e. The van der Waals surface area contributed by atoms with E-state index in [1.165, 1.54) is 16.4 Å². The Hall–Kier alpha value is -1.19. The molecule has 1 atom stereocenters. The average Bonchev–Trinajstić information content (AvgIpc) is 2.55. The van der Waals surface area contributed by atoms with Gasteiger partial charge in [-0.3, -0.25) is 4.79 Å². The molecule has 0 aromatic heterocycles. The Morgan fingerprint density at radius 3 is 2.65 bits per heavy atom. The fourth-order valence-electron chi connectivity index (χ4n) is 2.10. The molecule has 1 amide bonds. The molecule has 1 aliphatic rings. The largest absolute Gasteiger partial charge is 0.379 e. The van der Waals surface area contributed by atoms with Crippen molar-refractivity contribution in [1.29, 1.82) is 0 Å². The predicted octanol–water partition coefficient (Wildman–Crippen LogP) is 0.206. The molecule has 2 rings (SSSR count). The van der Waals surface area contributed by atoms with Gasteiger partial charge in [0.25, 0.3) is 5.91 Å². The lowest BCUT2D eigenvalue weighted by molar-refractivity contribution is 0.0730. The molecule has 1 saturated heterocycles. The zero-order valence-electron chi connectivity index (χ0n) is 12.9. The topological polar surface area (TPSA) is 102 Å². The number of rotatable bonds is 5. The zero-order valence-corrected chi connectivity index (χ0v) is 14.5. The van der Waals surface area contributed by atoms with Crippen LogP contribution in [0.1, 0.15) is 17.3 Å². The molecule has 3 N–H and O–H groups in total. The van der Waals surface area contributed by atoms with E-state index in [2.05, 4.69) is 5.32 Å². The summed E-state index contributed by atoms with van der Waals surface area (Å²) >= 11 is 0. The number of nitrogens with zero attached hydrogens (tertiary/aromatic N) is 1. The molecular formula is C14H22ClN3O4S. The molecule has 0 bridgehead atoms.